The van der Waals surface area contributed by atoms with Crippen LogP contribution in [0.1, 0.15) is 21.6 Å². The van der Waals surface area contributed by atoms with Gasteiger partial charge in [0.05, 0.1) is 5.56 Å². The Hall–Kier alpha value is -2.31. The van der Waals surface area contributed by atoms with E-state index >= 15 is 0 Å². The van der Waals surface area contributed by atoms with Crippen molar-refractivity contribution in [3.8, 4) is 0 Å². The van der Waals surface area contributed by atoms with Crippen molar-refractivity contribution >= 4 is 5.97 Å². The third-order valence-corrected chi connectivity index (χ3v) is 2.34. The Morgan fingerprint density at radius 1 is 1.32 bits per heavy atom. The zero-order valence-electron chi connectivity index (χ0n) is 9.57. The molecule has 0 saturated heterocycles. The molecule has 100 valence electrons. The zero-order valence-corrected chi connectivity index (χ0v) is 9.57. The smallest absolute Gasteiger partial charge is 0.416 e. The molecule has 1 N–H and O–H groups in total. The van der Waals surface area contributed by atoms with Gasteiger partial charge in [0.2, 0.25) is 0 Å². The van der Waals surface area contributed by atoms with Crippen molar-refractivity contribution in [3.63, 3.8) is 0 Å². The van der Waals surface area contributed by atoms with Gasteiger partial charge in [-0.3, -0.25) is 5.10 Å². The molecule has 0 bridgehead atoms. The number of hydrogen-bond acceptors (Lipinski definition) is 3. The summed E-state index contributed by atoms with van der Waals surface area (Å²) in [6.07, 6.45) is -3.04. The fourth-order valence-electron chi connectivity index (χ4n) is 1.43. The van der Waals surface area contributed by atoms with Crippen LogP contribution in [0, 0.1) is 0 Å². The first-order chi connectivity index (χ1) is 8.97. The number of aromatic nitrogens is 2. The second-order valence-electron chi connectivity index (χ2n) is 3.74. The van der Waals surface area contributed by atoms with Gasteiger partial charge in [0.25, 0.3) is 0 Å². The SMILES string of the molecule is O=C(OCc1cccc(C(F)(F)F)c1)c1ccn[nH]1. The number of benzene rings is 1. The van der Waals surface area contributed by atoms with Crippen molar-refractivity contribution in [2.45, 2.75) is 12.8 Å². The van der Waals surface area contributed by atoms with E-state index in [2.05, 4.69) is 10.2 Å². The van der Waals surface area contributed by atoms with E-state index in [1.807, 2.05) is 0 Å². The third kappa shape index (κ3) is 3.34. The van der Waals surface area contributed by atoms with Crippen molar-refractivity contribution in [2.24, 2.45) is 0 Å². The van der Waals surface area contributed by atoms with Crippen molar-refractivity contribution in [1.29, 1.82) is 0 Å². The quantitative estimate of drug-likeness (QED) is 0.872. The van der Waals surface area contributed by atoms with Gasteiger partial charge < -0.3 is 4.74 Å². The minimum absolute atomic E-state index is 0.145. The average Bonchev–Trinajstić information content (AvgIpc) is 2.89. The van der Waals surface area contributed by atoms with E-state index in [1.165, 1.54) is 24.4 Å². The van der Waals surface area contributed by atoms with E-state index in [-0.39, 0.29) is 17.9 Å². The van der Waals surface area contributed by atoms with Gasteiger partial charge in [-0.15, -0.1) is 0 Å². The van der Waals surface area contributed by atoms with Gasteiger partial charge in [0.1, 0.15) is 12.3 Å². The second kappa shape index (κ2) is 5.13. The van der Waals surface area contributed by atoms with Crippen LogP contribution in [0.25, 0.3) is 0 Å². The first-order valence-corrected chi connectivity index (χ1v) is 5.29. The molecule has 0 radical (unpaired) electrons. The lowest BCUT2D eigenvalue weighted by Gasteiger charge is -2.08. The molecule has 0 amide bonds. The van der Waals surface area contributed by atoms with Crippen LogP contribution in [-0.2, 0) is 17.5 Å². The number of ether oxygens (including phenoxy) is 1. The molecule has 0 aliphatic rings. The standard InChI is InChI=1S/C12H9F3N2O2/c13-12(14,15)9-3-1-2-8(6-9)7-19-11(18)10-4-5-16-17-10/h1-6H,7H2,(H,16,17). The van der Waals surface area contributed by atoms with E-state index in [4.69, 9.17) is 4.74 Å². The summed E-state index contributed by atoms with van der Waals surface area (Å²) in [4.78, 5) is 11.4. The number of nitrogens with zero attached hydrogens (tertiary/aromatic N) is 1. The Balaban J connectivity index is 2.02. The summed E-state index contributed by atoms with van der Waals surface area (Å²) in [7, 11) is 0. The van der Waals surface area contributed by atoms with Gasteiger partial charge in [-0.25, -0.2) is 4.79 Å². The molecule has 7 heteroatoms. The molecule has 4 nitrogen and oxygen atoms in total. The molecule has 0 spiro atoms. The first-order valence-electron chi connectivity index (χ1n) is 5.29. The molecular weight excluding hydrogens is 261 g/mol. The first kappa shape index (κ1) is 13.1. The van der Waals surface area contributed by atoms with E-state index in [0.717, 1.165) is 12.1 Å². The Bertz CT molecular complexity index is 565. The van der Waals surface area contributed by atoms with Gasteiger partial charge in [0.15, 0.2) is 0 Å². The molecule has 0 aliphatic carbocycles. The summed E-state index contributed by atoms with van der Waals surface area (Å²) < 4.78 is 42.3. The van der Waals surface area contributed by atoms with E-state index < -0.39 is 17.7 Å². The number of carbonyl (C=O) groups excluding carboxylic acids is 1. The van der Waals surface area contributed by atoms with Crippen LogP contribution in [0.3, 0.4) is 0 Å². The molecule has 0 saturated carbocycles. The largest absolute Gasteiger partial charge is 0.456 e. The highest BCUT2D eigenvalue weighted by Gasteiger charge is 2.30. The Labute approximate surface area is 106 Å². The summed E-state index contributed by atoms with van der Waals surface area (Å²) in [6, 6.07) is 6.03. The number of esters is 1. The number of carbonyl (C=O) groups is 1. The van der Waals surface area contributed by atoms with Crippen LogP contribution in [0.4, 0.5) is 13.2 Å². The van der Waals surface area contributed by atoms with Crippen molar-refractivity contribution in [3.05, 3.63) is 53.3 Å². The fraction of sp³-hybridized carbons (Fsp3) is 0.167. The van der Waals surface area contributed by atoms with E-state index in [1.54, 1.807) is 0 Å². The van der Waals surface area contributed by atoms with E-state index in [0.29, 0.717) is 0 Å². The monoisotopic (exact) mass is 270 g/mol. The number of hydrogen-bond donors (Lipinski definition) is 1. The van der Waals surface area contributed by atoms with Crippen molar-refractivity contribution < 1.29 is 22.7 Å². The van der Waals surface area contributed by atoms with E-state index in [9.17, 15) is 18.0 Å². The van der Waals surface area contributed by atoms with Gasteiger partial charge in [0, 0.05) is 6.20 Å². The van der Waals surface area contributed by atoms with Crippen LogP contribution in [0.5, 0.6) is 0 Å². The molecule has 0 unspecified atom stereocenters. The Kier molecular flexibility index (Phi) is 3.55. The molecular formula is C12H9F3N2O2. The summed E-state index contributed by atoms with van der Waals surface area (Å²) in [5.74, 6) is -0.671. The number of H-pyrrole nitrogens is 1. The minimum Gasteiger partial charge on any atom is -0.456 e. The predicted molar refractivity (Wildman–Crippen MR) is 59.2 cm³/mol. The van der Waals surface area contributed by atoms with Gasteiger partial charge in [-0.1, -0.05) is 12.1 Å². The second-order valence-corrected chi connectivity index (χ2v) is 3.74. The van der Waals surface area contributed by atoms with Crippen LogP contribution in [0.15, 0.2) is 36.5 Å². The summed E-state index contributed by atoms with van der Waals surface area (Å²) in [6.45, 7) is -0.234. The molecule has 19 heavy (non-hydrogen) atoms. The average molecular weight is 270 g/mol. The molecule has 1 heterocycles. The lowest BCUT2D eigenvalue weighted by atomic mass is 10.1. The van der Waals surface area contributed by atoms with Gasteiger partial charge >= 0.3 is 12.1 Å². The highest BCUT2D eigenvalue weighted by molar-refractivity contribution is 5.86. The lowest BCUT2D eigenvalue weighted by Crippen LogP contribution is -2.08. The van der Waals surface area contributed by atoms with Crippen LogP contribution in [0.2, 0.25) is 0 Å². The zero-order chi connectivity index (χ0) is 13.9. The molecule has 0 aliphatic heterocycles. The number of aromatic amines is 1. The highest BCUT2D eigenvalue weighted by atomic mass is 19.4. The predicted octanol–water partition coefficient (Wildman–Crippen LogP) is 2.79. The molecule has 0 fully saturated rings. The molecule has 0 atom stereocenters. The maximum absolute atomic E-state index is 12.5. The topological polar surface area (TPSA) is 55.0 Å². The minimum atomic E-state index is -4.41. The summed E-state index contributed by atoms with van der Waals surface area (Å²) in [5, 5.41) is 5.97. The highest BCUT2D eigenvalue weighted by Crippen LogP contribution is 2.29. The van der Waals surface area contributed by atoms with Crippen molar-refractivity contribution in [2.75, 3.05) is 0 Å². The molecule has 2 rings (SSSR count). The van der Waals surface area contributed by atoms with Gasteiger partial charge in [-0.2, -0.15) is 18.3 Å². The fourth-order valence-corrected chi connectivity index (χ4v) is 1.43. The lowest BCUT2D eigenvalue weighted by molar-refractivity contribution is -0.137. The third-order valence-electron chi connectivity index (χ3n) is 2.34. The number of alkyl halides is 3. The number of halogens is 3. The normalized spacial score (nSPS) is 11.3. The van der Waals surface area contributed by atoms with Gasteiger partial charge in [-0.05, 0) is 23.8 Å². The molecule has 1 aromatic carbocycles. The maximum Gasteiger partial charge on any atom is 0.416 e. The maximum atomic E-state index is 12.5. The molecule has 2 aromatic rings. The number of rotatable bonds is 3. The summed E-state index contributed by atoms with van der Waals surface area (Å²) >= 11 is 0. The van der Waals surface area contributed by atoms with Crippen LogP contribution >= 0.6 is 0 Å². The van der Waals surface area contributed by atoms with Crippen LogP contribution in [-0.4, -0.2) is 16.2 Å². The molecule has 1 aromatic heterocycles. The Morgan fingerprint density at radius 2 is 2.11 bits per heavy atom. The number of nitrogens with one attached hydrogen (secondary N) is 1. The Morgan fingerprint density at radius 3 is 2.74 bits per heavy atom. The van der Waals surface area contributed by atoms with Crippen molar-refractivity contribution in [1.82, 2.24) is 10.2 Å². The summed E-state index contributed by atoms with van der Waals surface area (Å²) in [5.41, 5.74) is -0.364. The van der Waals surface area contributed by atoms with Crippen LogP contribution < -0.4 is 0 Å².